The zero-order valence-corrected chi connectivity index (χ0v) is 17.0. The predicted molar refractivity (Wildman–Crippen MR) is 114 cm³/mol. The van der Waals surface area contributed by atoms with E-state index in [1.807, 2.05) is 37.4 Å². The quantitative estimate of drug-likeness (QED) is 0.700. The van der Waals surface area contributed by atoms with E-state index in [1.165, 1.54) is 22.3 Å². The van der Waals surface area contributed by atoms with Gasteiger partial charge in [-0.15, -0.1) is 0 Å². The number of hydrogen-bond donors (Lipinski definition) is 3. The number of anilines is 1. The lowest BCUT2D eigenvalue weighted by Gasteiger charge is -2.18. The third-order valence-electron chi connectivity index (χ3n) is 5.79. The van der Waals surface area contributed by atoms with E-state index in [4.69, 9.17) is 0 Å². The van der Waals surface area contributed by atoms with Gasteiger partial charge in [-0.05, 0) is 73.4 Å². The minimum atomic E-state index is -1.48. The molecule has 28 heavy (non-hydrogen) atoms. The van der Waals surface area contributed by atoms with Crippen LogP contribution in [0.4, 0.5) is 10.5 Å². The first-order valence-electron chi connectivity index (χ1n) is 10.0. The van der Waals surface area contributed by atoms with Crippen LogP contribution in [0.5, 0.6) is 0 Å². The van der Waals surface area contributed by atoms with Gasteiger partial charge in [-0.1, -0.05) is 36.4 Å². The Morgan fingerprint density at radius 1 is 1.04 bits per heavy atom. The highest BCUT2D eigenvalue weighted by Gasteiger charge is 2.25. The number of amides is 2. The Balaban J connectivity index is 1.43. The van der Waals surface area contributed by atoms with E-state index in [2.05, 4.69) is 21.4 Å². The third kappa shape index (κ3) is 3.98. The average Bonchev–Trinajstić information content (AvgIpc) is 3.35. The standard InChI is InChI=1S/C22H27N3O2S/c1-23-20(15-7-3-2-4-8-15)14-28(27)25-22(26)24-21-18-11-5-9-16(18)13-17-10-6-12-19(17)21/h2-4,7-8,13,20,23H,5-6,9-12,14H2,1H3,(H2,24,25,26). The fourth-order valence-electron chi connectivity index (χ4n) is 4.43. The summed E-state index contributed by atoms with van der Waals surface area (Å²) in [6.07, 6.45) is 6.48. The maximum absolute atomic E-state index is 12.6. The molecule has 2 amide bonds. The van der Waals surface area contributed by atoms with Crippen LogP contribution < -0.4 is 15.4 Å². The summed E-state index contributed by atoms with van der Waals surface area (Å²) in [5.41, 5.74) is 7.33. The molecule has 2 aromatic rings. The summed E-state index contributed by atoms with van der Waals surface area (Å²) in [4.78, 5) is 12.6. The average molecular weight is 398 g/mol. The number of aryl methyl sites for hydroxylation is 2. The summed E-state index contributed by atoms with van der Waals surface area (Å²) in [5, 5.41) is 6.22. The van der Waals surface area contributed by atoms with E-state index >= 15 is 0 Å². The van der Waals surface area contributed by atoms with Crippen molar-refractivity contribution in [3.8, 4) is 0 Å². The largest absolute Gasteiger partial charge is 0.331 e. The monoisotopic (exact) mass is 397 g/mol. The highest BCUT2D eigenvalue weighted by molar-refractivity contribution is 7.83. The Bertz CT molecular complexity index is 866. The molecule has 0 spiro atoms. The van der Waals surface area contributed by atoms with Crippen molar-refractivity contribution < 1.29 is 9.00 Å². The summed E-state index contributed by atoms with van der Waals surface area (Å²) in [5.74, 6) is 0.318. The van der Waals surface area contributed by atoms with Gasteiger partial charge in [-0.3, -0.25) is 4.72 Å². The second kappa shape index (κ2) is 8.45. The minimum Gasteiger partial charge on any atom is -0.312 e. The second-order valence-electron chi connectivity index (χ2n) is 7.55. The molecule has 0 bridgehead atoms. The molecule has 2 aliphatic rings. The molecule has 0 saturated heterocycles. The van der Waals surface area contributed by atoms with E-state index in [-0.39, 0.29) is 12.1 Å². The lowest BCUT2D eigenvalue weighted by atomic mass is 9.99. The topological polar surface area (TPSA) is 70.2 Å². The molecule has 2 unspecified atom stereocenters. The molecule has 0 aliphatic heterocycles. The van der Waals surface area contributed by atoms with Crippen LogP contribution in [0.15, 0.2) is 36.4 Å². The van der Waals surface area contributed by atoms with Crippen molar-refractivity contribution in [2.75, 3.05) is 18.1 Å². The van der Waals surface area contributed by atoms with Gasteiger partial charge in [0.25, 0.3) is 0 Å². The first kappa shape index (κ1) is 19.2. The van der Waals surface area contributed by atoms with Crippen LogP contribution in [0, 0.1) is 0 Å². The van der Waals surface area contributed by atoms with Crippen LogP contribution in [0.2, 0.25) is 0 Å². The Labute approximate surface area is 168 Å². The van der Waals surface area contributed by atoms with E-state index in [9.17, 15) is 9.00 Å². The molecule has 0 fully saturated rings. The zero-order valence-electron chi connectivity index (χ0n) is 16.2. The molecule has 5 nitrogen and oxygen atoms in total. The van der Waals surface area contributed by atoms with Gasteiger partial charge in [0.2, 0.25) is 0 Å². The van der Waals surface area contributed by atoms with Gasteiger partial charge in [0, 0.05) is 11.7 Å². The Morgan fingerprint density at radius 3 is 2.29 bits per heavy atom. The highest BCUT2D eigenvalue weighted by Crippen LogP contribution is 2.38. The first-order chi connectivity index (χ1) is 13.7. The molecule has 2 aliphatic carbocycles. The highest BCUT2D eigenvalue weighted by atomic mass is 32.2. The summed E-state index contributed by atoms with van der Waals surface area (Å²) >= 11 is 0. The number of carbonyl (C=O) groups excluding carboxylic acids is 1. The SMILES string of the molecule is CNC(CS(=O)NC(=O)Nc1c2c(cc3c1CCC3)CCC2)c1ccccc1. The Morgan fingerprint density at radius 2 is 1.68 bits per heavy atom. The van der Waals surface area contributed by atoms with Crippen molar-refractivity contribution in [3.63, 3.8) is 0 Å². The second-order valence-corrected chi connectivity index (χ2v) is 8.78. The minimum absolute atomic E-state index is 0.0763. The molecule has 2 aromatic carbocycles. The van der Waals surface area contributed by atoms with E-state index < -0.39 is 11.0 Å². The molecule has 6 heteroatoms. The van der Waals surface area contributed by atoms with Crippen molar-refractivity contribution in [3.05, 3.63) is 64.2 Å². The Hall–Kier alpha value is -2.18. The van der Waals surface area contributed by atoms with Crippen LogP contribution in [0.25, 0.3) is 0 Å². The van der Waals surface area contributed by atoms with Gasteiger partial charge in [-0.2, -0.15) is 0 Å². The van der Waals surface area contributed by atoms with E-state index in [1.54, 1.807) is 0 Å². The van der Waals surface area contributed by atoms with Gasteiger partial charge < -0.3 is 10.6 Å². The summed E-state index contributed by atoms with van der Waals surface area (Å²) in [6.45, 7) is 0. The van der Waals surface area contributed by atoms with Crippen molar-refractivity contribution in [1.82, 2.24) is 10.0 Å². The van der Waals surface area contributed by atoms with Gasteiger partial charge in [0.1, 0.15) is 11.0 Å². The predicted octanol–water partition coefficient (Wildman–Crippen LogP) is 3.41. The Kier molecular flexibility index (Phi) is 5.78. The molecule has 2 atom stereocenters. The summed E-state index contributed by atoms with van der Waals surface area (Å²) in [7, 11) is 0.363. The molecular formula is C22H27N3O2S. The normalized spacial score (nSPS) is 16.9. The van der Waals surface area contributed by atoms with E-state index in [0.29, 0.717) is 5.75 Å². The maximum Gasteiger partial charge on any atom is 0.331 e. The number of nitrogens with one attached hydrogen (secondary N) is 3. The van der Waals surface area contributed by atoms with Crippen molar-refractivity contribution in [1.29, 1.82) is 0 Å². The maximum atomic E-state index is 12.6. The fourth-order valence-corrected chi connectivity index (χ4v) is 5.44. The number of urea groups is 1. The van der Waals surface area contributed by atoms with Crippen LogP contribution in [-0.4, -0.2) is 23.0 Å². The third-order valence-corrected chi connectivity index (χ3v) is 6.84. The molecule has 0 radical (unpaired) electrons. The fraction of sp³-hybridized carbons (Fsp3) is 0.409. The smallest absolute Gasteiger partial charge is 0.312 e. The van der Waals surface area contributed by atoms with Gasteiger partial charge >= 0.3 is 6.03 Å². The van der Waals surface area contributed by atoms with Crippen LogP contribution in [-0.2, 0) is 36.7 Å². The van der Waals surface area contributed by atoms with Crippen molar-refractivity contribution >= 4 is 22.7 Å². The van der Waals surface area contributed by atoms with Gasteiger partial charge in [0.15, 0.2) is 0 Å². The zero-order chi connectivity index (χ0) is 19.5. The van der Waals surface area contributed by atoms with Crippen LogP contribution in [0.1, 0.15) is 46.7 Å². The van der Waals surface area contributed by atoms with Gasteiger partial charge in [-0.25, -0.2) is 9.00 Å². The lowest BCUT2D eigenvalue weighted by molar-refractivity contribution is 0.257. The number of benzene rings is 2. The van der Waals surface area contributed by atoms with Crippen LogP contribution >= 0.6 is 0 Å². The van der Waals surface area contributed by atoms with Crippen molar-refractivity contribution in [2.45, 2.75) is 44.6 Å². The molecule has 0 saturated carbocycles. The van der Waals surface area contributed by atoms with Crippen molar-refractivity contribution in [2.24, 2.45) is 0 Å². The van der Waals surface area contributed by atoms with Gasteiger partial charge in [0.05, 0.1) is 5.75 Å². The number of fused-ring (bicyclic) bond motifs is 2. The molecule has 3 N–H and O–H groups in total. The summed E-state index contributed by atoms with van der Waals surface area (Å²) < 4.78 is 15.2. The lowest BCUT2D eigenvalue weighted by Crippen LogP contribution is -2.35. The molecule has 4 rings (SSSR count). The molecular weight excluding hydrogens is 370 g/mol. The van der Waals surface area contributed by atoms with Crippen LogP contribution in [0.3, 0.4) is 0 Å². The molecule has 148 valence electrons. The molecule has 0 aromatic heterocycles. The number of hydrogen-bond acceptors (Lipinski definition) is 3. The number of carbonyl (C=O) groups is 1. The van der Waals surface area contributed by atoms with E-state index in [0.717, 1.165) is 49.8 Å². The molecule has 0 heterocycles. The summed E-state index contributed by atoms with van der Waals surface area (Å²) in [6, 6.07) is 11.7. The first-order valence-corrected chi connectivity index (χ1v) is 11.3. The number of rotatable bonds is 6.